The van der Waals surface area contributed by atoms with E-state index in [-0.39, 0.29) is 12.2 Å². The van der Waals surface area contributed by atoms with E-state index < -0.39 is 10.9 Å². The maximum absolute atomic E-state index is 11.1. The quantitative estimate of drug-likeness (QED) is 0.497. The lowest BCUT2D eigenvalue weighted by atomic mass is 10.1. The lowest BCUT2D eigenvalue weighted by Crippen LogP contribution is -2.29. The molecule has 7 heteroatoms. The van der Waals surface area contributed by atoms with Gasteiger partial charge >= 0.3 is 5.97 Å². The maximum Gasteiger partial charge on any atom is 0.323 e. The third kappa shape index (κ3) is 2.97. The molecule has 2 rings (SSSR count). The number of non-ortho nitro benzene ring substituents is 1. The van der Waals surface area contributed by atoms with E-state index in [9.17, 15) is 14.9 Å². The Morgan fingerprint density at radius 1 is 1.43 bits per heavy atom. The van der Waals surface area contributed by atoms with Crippen LogP contribution in [0.5, 0.6) is 0 Å². The number of anilines is 1. The van der Waals surface area contributed by atoms with Crippen molar-refractivity contribution in [2.45, 2.75) is 0 Å². The second kappa shape index (κ2) is 6.00. The third-order valence-electron chi connectivity index (χ3n) is 2.99. The number of carboxylic acids is 1. The largest absolute Gasteiger partial charge is 0.480 e. The molecule has 2 aromatic rings. The van der Waals surface area contributed by atoms with E-state index in [0.29, 0.717) is 23.0 Å². The van der Waals surface area contributed by atoms with Gasteiger partial charge in [0.25, 0.3) is 5.69 Å². The van der Waals surface area contributed by atoms with E-state index in [1.54, 1.807) is 17.0 Å². The minimum absolute atomic E-state index is 0.0370. The summed E-state index contributed by atoms with van der Waals surface area (Å²) in [5, 5.41) is 21.0. The summed E-state index contributed by atoms with van der Waals surface area (Å²) in [5.74, 6) is -0.993. The van der Waals surface area contributed by atoms with E-state index in [4.69, 9.17) is 5.11 Å². The molecule has 7 nitrogen and oxygen atoms in total. The summed E-state index contributed by atoms with van der Waals surface area (Å²) < 4.78 is 0. The van der Waals surface area contributed by atoms with Crippen LogP contribution < -0.4 is 4.90 Å². The first-order valence-corrected chi connectivity index (χ1v) is 6.13. The smallest absolute Gasteiger partial charge is 0.323 e. The number of nitro groups is 1. The highest BCUT2D eigenvalue weighted by molar-refractivity contribution is 6.00. The Morgan fingerprint density at radius 3 is 2.81 bits per heavy atom. The van der Waals surface area contributed by atoms with Crippen molar-refractivity contribution < 1.29 is 14.8 Å². The van der Waals surface area contributed by atoms with Crippen LogP contribution in [0.3, 0.4) is 0 Å². The Balaban J connectivity index is 2.63. The molecule has 0 bridgehead atoms. The molecule has 0 aliphatic carbocycles. The zero-order valence-electron chi connectivity index (χ0n) is 11.1. The van der Waals surface area contributed by atoms with Crippen LogP contribution in [0.1, 0.15) is 0 Å². The van der Waals surface area contributed by atoms with Gasteiger partial charge in [0.05, 0.1) is 10.3 Å². The molecule has 0 fully saturated rings. The van der Waals surface area contributed by atoms with Gasteiger partial charge in [-0.25, -0.2) is 0 Å². The molecule has 1 heterocycles. The van der Waals surface area contributed by atoms with Gasteiger partial charge in [0, 0.05) is 36.1 Å². The molecule has 0 unspecified atom stereocenters. The molecule has 1 N–H and O–H groups in total. The normalized spacial score (nSPS) is 10.3. The predicted octanol–water partition coefficient (Wildman–Crippen LogP) is 2.22. The lowest BCUT2D eigenvalue weighted by molar-refractivity contribution is -0.383. The highest BCUT2D eigenvalue weighted by atomic mass is 16.6. The molecule has 1 aromatic heterocycles. The van der Waals surface area contributed by atoms with Gasteiger partial charge in [-0.3, -0.25) is 19.9 Å². The van der Waals surface area contributed by atoms with Gasteiger partial charge in [0.1, 0.15) is 6.54 Å². The summed E-state index contributed by atoms with van der Waals surface area (Å²) in [4.78, 5) is 27.1. The number of aromatic nitrogens is 1. The van der Waals surface area contributed by atoms with Gasteiger partial charge in [0.2, 0.25) is 0 Å². The molecule has 0 atom stereocenters. The van der Waals surface area contributed by atoms with E-state index >= 15 is 0 Å². The van der Waals surface area contributed by atoms with Crippen LogP contribution in [0.25, 0.3) is 10.8 Å². The molecule has 21 heavy (non-hydrogen) atoms. The van der Waals surface area contributed by atoms with Crippen molar-refractivity contribution in [1.82, 2.24) is 4.98 Å². The van der Waals surface area contributed by atoms with Gasteiger partial charge in [0.15, 0.2) is 0 Å². The number of hydrogen-bond acceptors (Lipinski definition) is 5. The van der Waals surface area contributed by atoms with Crippen LogP contribution in [0.2, 0.25) is 0 Å². The first kappa shape index (κ1) is 14.4. The van der Waals surface area contributed by atoms with Crippen LogP contribution >= 0.6 is 0 Å². The number of carboxylic acid groups (broad SMARTS) is 1. The fourth-order valence-electron chi connectivity index (χ4n) is 2.16. The van der Waals surface area contributed by atoms with Gasteiger partial charge in [-0.1, -0.05) is 6.08 Å². The van der Waals surface area contributed by atoms with Crippen molar-refractivity contribution >= 4 is 28.1 Å². The lowest BCUT2D eigenvalue weighted by Gasteiger charge is -2.22. The molecule has 1 aromatic carbocycles. The Kier molecular flexibility index (Phi) is 4.13. The number of fused-ring (bicyclic) bond motifs is 1. The molecular formula is C14H13N3O4. The van der Waals surface area contributed by atoms with Crippen LogP contribution in [0.4, 0.5) is 11.4 Å². The summed E-state index contributed by atoms with van der Waals surface area (Å²) in [6.07, 6.45) is 4.54. The molecule has 0 spiro atoms. The van der Waals surface area contributed by atoms with Crippen LogP contribution in [0.15, 0.2) is 43.2 Å². The fourth-order valence-corrected chi connectivity index (χ4v) is 2.16. The van der Waals surface area contributed by atoms with Crippen molar-refractivity contribution in [3.63, 3.8) is 0 Å². The SMILES string of the molecule is C=CCN(CC(=O)O)c1ccc([N+](=O)[O-])c2ccncc12. The Hall–Kier alpha value is -2.96. The summed E-state index contributed by atoms with van der Waals surface area (Å²) in [7, 11) is 0. The topological polar surface area (TPSA) is 96.6 Å². The predicted molar refractivity (Wildman–Crippen MR) is 78.4 cm³/mol. The fraction of sp³-hybridized carbons (Fsp3) is 0.143. The Morgan fingerprint density at radius 2 is 2.19 bits per heavy atom. The molecule has 0 aliphatic rings. The van der Waals surface area contributed by atoms with Gasteiger partial charge in [-0.05, 0) is 12.1 Å². The Labute approximate surface area is 120 Å². The molecule has 108 valence electrons. The number of aliphatic carboxylic acids is 1. The van der Waals surface area contributed by atoms with Crippen molar-refractivity contribution in [3.05, 3.63) is 53.4 Å². The number of carbonyl (C=O) groups is 1. The Bertz CT molecular complexity index is 714. The second-order valence-corrected chi connectivity index (χ2v) is 4.35. The molecule has 0 amide bonds. The highest BCUT2D eigenvalue weighted by Crippen LogP contribution is 2.32. The van der Waals surface area contributed by atoms with E-state index in [0.717, 1.165) is 0 Å². The first-order chi connectivity index (χ1) is 10.0. The van der Waals surface area contributed by atoms with Gasteiger partial charge in [-0.15, -0.1) is 6.58 Å². The third-order valence-corrected chi connectivity index (χ3v) is 2.99. The van der Waals surface area contributed by atoms with Crippen molar-refractivity contribution in [2.75, 3.05) is 18.0 Å². The molecular weight excluding hydrogens is 274 g/mol. The van der Waals surface area contributed by atoms with E-state index in [1.165, 1.54) is 24.5 Å². The van der Waals surface area contributed by atoms with E-state index in [1.807, 2.05) is 0 Å². The van der Waals surface area contributed by atoms with Crippen molar-refractivity contribution in [1.29, 1.82) is 0 Å². The van der Waals surface area contributed by atoms with Crippen molar-refractivity contribution in [3.8, 4) is 0 Å². The standard InChI is InChI=1S/C14H13N3O4/c1-2-7-16(9-14(18)19)12-3-4-13(17(20)21)10-5-6-15-8-11(10)12/h2-6,8H,1,7,9H2,(H,18,19). The zero-order chi connectivity index (χ0) is 15.4. The molecule has 0 radical (unpaired) electrons. The monoisotopic (exact) mass is 287 g/mol. The van der Waals surface area contributed by atoms with Crippen LogP contribution in [-0.4, -0.2) is 34.1 Å². The average Bonchev–Trinajstić information content (AvgIpc) is 2.45. The average molecular weight is 287 g/mol. The number of nitrogens with zero attached hydrogens (tertiary/aromatic N) is 3. The zero-order valence-corrected chi connectivity index (χ0v) is 11.1. The van der Waals surface area contributed by atoms with Crippen LogP contribution in [-0.2, 0) is 4.79 Å². The number of rotatable bonds is 6. The second-order valence-electron chi connectivity index (χ2n) is 4.35. The summed E-state index contributed by atoms with van der Waals surface area (Å²) in [6, 6.07) is 4.45. The number of hydrogen-bond donors (Lipinski definition) is 1. The number of nitro benzene ring substituents is 1. The molecule has 0 aliphatic heterocycles. The highest BCUT2D eigenvalue weighted by Gasteiger charge is 2.18. The number of pyridine rings is 1. The molecule has 0 saturated heterocycles. The summed E-state index contributed by atoms with van der Waals surface area (Å²) in [5.41, 5.74) is 0.538. The van der Waals surface area contributed by atoms with Gasteiger partial charge in [-0.2, -0.15) is 0 Å². The van der Waals surface area contributed by atoms with Gasteiger partial charge < -0.3 is 10.0 Å². The first-order valence-electron chi connectivity index (χ1n) is 6.13. The molecule has 0 saturated carbocycles. The summed E-state index contributed by atoms with van der Waals surface area (Å²) in [6.45, 7) is 3.69. The minimum Gasteiger partial charge on any atom is -0.480 e. The maximum atomic E-state index is 11.1. The number of benzene rings is 1. The van der Waals surface area contributed by atoms with Crippen molar-refractivity contribution in [2.24, 2.45) is 0 Å². The minimum atomic E-state index is -0.993. The van der Waals surface area contributed by atoms with Crippen LogP contribution in [0, 0.1) is 10.1 Å². The summed E-state index contributed by atoms with van der Waals surface area (Å²) >= 11 is 0. The van der Waals surface area contributed by atoms with E-state index in [2.05, 4.69) is 11.6 Å².